The van der Waals surface area contributed by atoms with Gasteiger partial charge in [0, 0.05) is 13.0 Å². The number of ether oxygens (including phenoxy) is 1. The van der Waals surface area contributed by atoms with Crippen molar-refractivity contribution in [1.29, 1.82) is 0 Å². The van der Waals surface area contributed by atoms with E-state index in [2.05, 4.69) is 10.6 Å². The van der Waals surface area contributed by atoms with Crippen molar-refractivity contribution in [2.45, 2.75) is 50.2 Å². The first-order chi connectivity index (χ1) is 15.0. The quantitative estimate of drug-likeness (QED) is 0.388. The summed E-state index contributed by atoms with van der Waals surface area (Å²) in [5, 5.41) is 5.37. The minimum absolute atomic E-state index is 0.265. The third-order valence-corrected chi connectivity index (χ3v) is 6.00. The number of nitrogens with one attached hydrogen (secondary N) is 2. The Hall–Kier alpha value is -2.55. The predicted molar refractivity (Wildman–Crippen MR) is 119 cm³/mol. The van der Waals surface area contributed by atoms with Crippen LogP contribution in [0.2, 0.25) is 0 Å². The standard InChI is InChI=1S/C22H31N3O5S/c1-30-22(29)18(14-16-8-4-3-5-9-16)24-20(27)19-10-6-7-12-25(19)21(28)17(23-15-26)11-13-31-2/h3-5,8-9,15,17-19H,6-7,10-14H2,1-2H3,(H,23,26)(H,24,27)/t17-,18-,19?/m0/s1. The first kappa shape index (κ1) is 24.7. The molecule has 1 saturated heterocycles. The van der Waals surface area contributed by atoms with Crippen LogP contribution in [-0.4, -0.2) is 72.9 Å². The number of benzene rings is 1. The van der Waals surface area contributed by atoms with Gasteiger partial charge in [0.25, 0.3) is 0 Å². The van der Waals surface area contributed by atoms with E-state index in [1.807, 2.05) is 36.6 Å². The van der Waals surface area contributed by atoms with E-state index in [-0.39, 0.29) is 11.8 Å². The number of thioether (sulfide) groups is 1. The number of amides is 3. The van der Waals surface area contributed by atoms with Crippen molar-refractivity contribution in [3.05, 3.63) is 35.9 Å². The largest absolute Gasteiger partial charge is 0.467 e. The molecule has 1 unspecified atom stereocenters. The number of carbonyl (C=O) groups excluding carboxylic acids is 4. The highest BCUT2D eigenvalue weighted by Gasteiger charge is 2.36. The van der Waals surface area contributed by atoms with Crippen molar-refractivity contribution >= 4 is 36.0 Å². The molecule has 9 heteroatoms. The summed E-state index contributed by atoms with van der Waals surface area (Å²) < 4.78 is 4.88. The van der Waals surface area contributed by atoms with Crippen LogP contribution in [0.1, 0.15) is 31.2 Å². The van der Waals surface area contributed by atoms with Crippen molar-refractivity contribution in [2.24, 2.45) is 0 Å². The van der Waals surface area contributed by atoms with Gasteiger partial charge < -0.3 is 20.3 Å². The van der Waals surface area contributed by atoms with Crippen molar-refractivity contribution in [2.75, 3.05) is 25.7 Å². The summed E-state index contributed by atoms with van der Waals surface area (Å²) in [4.78, 5) is 51.0. The van der Waals surface area contributed by atoms with E-state index in [1.165, 1.54) is 12.0 Å². The van der Waals surface area contributed by atoms with Crippen LogP contribution in [0.25, 0.3) is 0 Å². The van der Waals surface area contributed by atoms with E-state index in [1.54, 1.807) is 11.8 Å². The molecular weight excluding hydrogens is 418 g/mol. The van der Waals surface area contributed by atoms with Crippen LogP contribution in [0.3, 0.4) is 0 Å². The van der Waals surface area contributed by atoms with Gasteiger partial charge in [0.15, 0.2) is 0 Å². The minimum Gasteiger partial charge on any atom is -0.467 e. The van der Waals surface area contributed by atoms with Crippen LogP contribution in [0.15, 0.2) is 30.3 Å². The lowest BCUT2D eigenvalue weighted by Crippen LogP contribution is -2.58. The van der Waals surface area contributed by atoms with Gasteiger partial charge in [-0.05, 0) is 43.3 Å². The van der Waals surface area contributed by atoms with Crippen molar-refractivity contribution in [3.63, 3.8) is 0 Å². The number of methoxy groups -OCH3 is 1. The summed E-state index contributed by atoms with van der Waals surface area (Å²) in [6.45, 7) is 0.439. The molecule has 1 aliphatic rings. The number of hydrogen-bond donors (Lipinski definition) is 2. The maximum absolute atomic E-state index is 13.1. The second-order valence-electron chi connectivity index (χ2n) is 7.44. The summed E-state index contributed by atoms with van der Waals surface area (Å²) in [6.07, 6.45) is 5.34. The van der Waals surface area contributed by atoms with Gasteiger partial charge in [-0.3, -0.25) is 14.4 Å². The van der Waals surface area contributed by atoms with Gasteiger partial charge in [-0.1, -0.05) is 30.3 Å². The highest BCUT2D eigenvalue weighted by Crippen LogP contribution is 2.20. The van der Waals surface area contributed by atoms with Gasteiger partial charge in [0.05, 0.1) is 7.11 Å². The molecule has 2 rings (SSSR count). The fraction of sp³-hybridized carbons (Fsp3) is 0.545. The lowest BCUT2D eigenvalue weighted by atomic mass is 9.98. The van der Waals surface area contributed by atoms with E-state index < -0.39 is 24.1 Å². The Morgan fingerprint density at radius 1 is 1.23 bits per heavy atom. The molecule has 1 aliphatic heterocycles. The van der Waals surface area contributed by atoms with Crippen LogP contribution in [0.4, 0.5) is 0 Å². The molecule has 0 spiro atoms. The second-order valence-corrected chi connectivity index (χ2v) is 8.42. The molecule has 170 valence electrons. The van der Waals surface area contributed by atoms with E-state index in [0.717, 1.165) is 18.4 Å². The average Bonchev–Trinajstić information content (AvgIpc) is 2.81. The summed E-state index contributed by atoms with van der Waals surface area (Å²) in [5.74, 6) is -0.470. The molecule has 31 heavy (non-hydrogen) atoms. The summed E-state index contributed by atoms with van der Waals surface area (Å²) in [5.41, 5.74) is 0.891. The zero-order valence-corrected chi connectivity index (χ0v) is 18.9. The van der Waals surface area contributed by atoms with Crippen molar-refractivity contribution in [3.8, 4) is 0 Å². The molecule has 0 aromatic heterocycles. The normalized spacial score (nSPS) is 17.9. The van der Waals surface area contributed by atoms with Gasteiger partial charge in [0.2, 0.25) is 18.2 Å². The Bertz CT molecular complexity index is 746. The molecule has 0 radical (unpaired) electrons. The maximum Gasteiger partial charge on any atom is 0.328 e. The highest BCUT2D eigenvalue weighted by atomic mass is 32.2. The average molecular weight is 450 g/mol. The maximum atomic E-state index is 13.1. The second kappa shape index (κ2) is 13.0. The smallest absolute Gasteiger partial charge is 0.328 e. The number of piperidine rings is 1. The molecule has 3 amide bonds. The lowest BCUT2D eigenvalue weighted by Gasteiger charge is -2.37. The Morgan fingerprint density at radius 2 is 1.97 bits per heavy atom. The molecule has 0 saturated carbocycles. The molecule has 2 N–H and O–H groups in total. The minimum atomic E-state index is -0.848. The van der Waals surface area contributed by atoms with Crippen LogP contribution >= 0.6 is 11.8 Å². The fourth-order valence-corrected chi connectivity index (χ4v) is 4.19. The molecule has 3 atom stereocenters. The molecule has 1 aromatic carbocycles. The van der Waals surface area contributed by atoms with Crippen LogP contribution < -0.4 is 10.6 Å². The highest BCUT2D eigenvalue weighted by molar-refractivity contribution is 7.98. The Balaban J connectivity index is 2.13. The van der Waals surface area contributed by atoms with E-state index in [9.17, 15) is 19.2 Å². The van der Waals surface area contributed by atoms with Crippen molar-refractivity contribution in [1.82, 2.24) is 15.5 Å². The Morgan fingerprint density at radius 3 is 2.61 bits per heavy atom. The number of esters is 1. The third-order valence-electron chi connectivity index (χ3n) is 5.35. The Labute approximate surface area is 187 Å². The van der Waals surface area contributed by atoms with Crippen LogP contribution in [0.5, 0.6) is 0 Å². The van der Waals surface area contributed by atoms with E-state index in [4.69, 9.17) is 4.74 Å². The third kappa shape index (κ3) is 7.27. The molecule has 1 heterocycles. The number of nitrogens with zero attached hydrogens (tertiary/aromatic N) is 1. The first-order valence-electron chi connectivity index (χ1n) is 10.4. The fourth-order valence-electron chi connectivity index (χ4n) is 3.72. The summed E-state index contributed by atoms with van der Waals surface area (Å²) >= 11 is 1.58. The van der Waals surface area contributed by atoms with Gasteiger partial charge in [-0.2, -0.15) is 11.8 Å². The van der Waals surface area contributed by atoms with E-state index >= 15 is 0 Å². The van der Waals surface area contributed by atoms with Gasteiger partial charge in [-0.25, -0.2) is 4.79 Å². The molecule has 0 aliphatic carbocycles. The number of carbonyl (C=O) groups is 4. The van der Waals surface area contributed by atoms with Gasteiger partial charge in [0.1, 0.15) is 18.1 Å². The van der Waals surface area contributed by atoms with Crippen LogP contribution in [0, 0.1) is 0 Å². The Kier molecular flexibility index (Phi) is 10.4. The van der Waals surface area contributed by atoms with Crippen molar-refractivity contribution < 1.29 is 23.9 Å². The van der Waals surface area contributed by atoms with Crippen LogP contribution in [-0.2, 0) is 30.3 Å². The number of likely N-dealkylation sites (tertiary alicyclic amines) is 1. The van der Waals surface area contributed by atoms with Gasteiger partial charge >= 0.3 is 5.97 Å². The first-order valence-corrected chi connectivity index (χ1v) is 11.8. The summed E-state index contributed by atoms with van der Waals surface area (Å²) in [7, 11) is 1.28. The zero-order valence-electron chi connectivity index (χ0n) is 18.0. The summed E-state index contributed by atoms with van der Waals surface area (Å²) in [6, 6.07) is 7.15. The SMILES string of the molecule is COC(=O)[C@H](Cc1ccccc1)NC(=O)C1CCCCN1C(=O)[C@H](CCSC)NC=O. The molecule has 1 aromatic rings. The van der Waals surface area contributed by atoms with Gasteiger partial charge in [-0.15, -0.1) is 0 Å². The predicted octanol–water partition coefficient (Wildman–Crippen LogP) is 1.14. The molecule has 8 nitrogen and oxygen atoms in total. The molecular formula is C22H31N3O5S. The topological polar surface area (TPSA) is 105 Å². The lowest BCUT2D eigenvalue weighted by molar-refractivity contribution is -0.148. The monoisotopic (exact) mass is 449 g/mol. The molecule has 0 bridgehead atoms. The van der Waals surface area contributed by atoms with E-state index in [0.29, 0.717) is 38.0 Å². The zero-order chi connectivity index (χ0) is 22.6. The number of hydrogen-bond acceptors (Lipinski definition) is 6. The molecule has 1 fully saturated rings. The number of rotatable bonds is 11.